The number of nitrogens with one attached hydrogen (secondary N) is 3. The van der Waals surface area contributed by atoms with Gasteiger partial charge in [-0.2, -0.15) is 0 Å². The molecule has 14 aromatic rings. The van der Waals surface area contributed by atoms with Crippen molar-refractivity contribution < 1.29 is 59.3 Å². The summed E-state index contributed by atoms with van der Waals surface area (Å²) in [5.41, 5.74) is 28.0. The molecule has 24 nitrogen and oxygen atoms in total. The molecule has 630 valence electrons. The predicted octanol–water partition coefficient (Wildman–Crippen LogP) is 19.3. The SMILES string of the molecule is Cc1[nH]c(-c2cc(CCP(=O)(O)O)c(O)c(CCP(=O)(O)O)c2)nc1-c1ccc(O)cc1.Cc1cc(-c2nc(-c3cc(C)c(O)c(C)c3)c(C)[nH]2)cc(C)c1O.Cc1cc(C)c(O)c(-c2nc(-c3ccc(N(C)C)cc3)c(-c3ccc(N(C)C)cc3)[nH]2)c1.Cc1cc(C)c(O)c(-c2nc(-c3ccc(N(C)C)cc3)c(-c3ccc(N(C)C)cc3)n2C)c1. The summed E-state index contributed by atoms with van der Waals surface area (Å²) in [6.45, 7) is 19.3. The van der Waals surface area contributed by atoms with E-state index in [1.165, 1.54) is 12.1 Å². The van der Waals surface area contributed by atoms with Crippen LogP contribution in [0.5, 0.6) is 34.5 Å². The zero-order valence-electron chi connectivity index (χ0n) is 71.9. The molecule has 0 radical (unpaired) electrons. The standard InChI is InChI=1S/C28H32N4O.C27H30N4O.C20H24N2O8P2.C20H22N2O2/c1-18-16-19(2)27(33)24(17-18)28-29-25(20-8-12-22(13-9-20)30(3)4)26(32(28)7)21-10-14-23(15-11-21)31(5)6;1-17-15-18(2)26(32)23(16-17)27-28-24(19-7-11-21(12-8-19)30(3)4)25(29-27)20-9-13-22(14-10-20)31(5)6;1-12-18(13-2-4-17(23)5-3-13)22-20(21-12)16-10-14(6-8-31(25,26)27)19(24)15(11-16)7-9-32(28,29)30;1-10-6-15(7-11(2)18(10)23)17-14(5)21-20(22-17)16-8-12(3)19(24)13(4)9-16/h8-17,33H,1-7H3;7-16,32H,1-6H3,(H,28,29);2-5,10-11,23-24H,6-9H2,1H3,(H,21,22)(H2,25,26,27)(H2,28,29,30);6-9,23-24H,1-5H3,(H,21,22). The third-order valence-electron chi connectivity index (χ3n) is 21.2. The molecule has 0 aliphatic carbocycles. The summed E-state index contributed by atoms with van der Waals surface area (Å²) in [6, 6.07) is 59.0. The Bertz CT molecular complexity index is 6010. The normalized spacial score (nSPS) is 11.3. The lowest BCUT2D eigenvalue weighted by Crippen LogP contribution is -2.08. The highest BCUT2D eigenvalue weighted by atomic mass is 31.2. The first-order chi connectivity index (χ1) is 57.0. The van der Waals surface area contributed by atoms with Crippen LogP contribution in [0.1, 0.15) is 67.0 Å². The smallest absolute Gasteiger partial charge is 0.325 e. The van der Waals surface area contributed by atoms with Crippen LogP contribution in [0.3, 0.4) is 0 Å². The van der Waals surface area contributed by atoms with Crippen molar-refractivity contribution in [2.24, 2.45) is 7.05 Å². The van der Waals surface area contributed by atoms with Gasteiger partial charge in [0, 0.05) is 142 Å². The topological polar surface area (TPSA) is 353 Å². The Labute approximate surface area is 706 Å². The number of benzene rings is 10. The number of phenols is 6. The summed E-state index contributed by atoms with van der Waals surface area (Å²) < 4.78 is 24.7. The molecule has 0 saturated carbocycles. The quantitative estimate of drug-likeness (QED) is 0.0315. The Morgan fingerprint density at radius 2 is 0.661 bits per heavy atom. The third kappa shape index (κ3) is 21.1. The number of nitrogens with zero attached hydrogens (tertiary/aromatic N) is 9. The molecule has 0 atom stereocenters. The molecular weight excluding hydrogens is 1560 g/mol. The first-order valence-electron chi connectivity index (χ1n) is 39.4. The van der Waals surface area contributed by atoms with Crippen molar-refractivity contribution in [3.8, 4) is 148 Å². The van der Waals surface area contributed by atoms with Gasteiger partial charge < -0.3 is 89.3 Å². The van der Waals surface area contributed by atoms with Crippen molar-refractivity contribution in [1.82, 2.24) is 39.5 Å². The van der Waals surface area contributed by atoms with E-state index in [0.717, 1.165) is 163 Å². The van der Waals surface area contributed by atoms with E-state index < -0.39 is 27.5 Å². The fourth-order valence-electron chi connectivity index (χ4n) is 14.5. The zero-order valence-corrected chi connectivity index (χ0v) is 73.6. The number of aryl methyl sites for hydroxylation is 12. The Morgan fingerprint density at radius 3 is 1.07 bits per heavy atom. The second-order valence-corrected chi connectivity index (χ2v) is 35.3. The second-order valence-electron chi connectivity index (χ2n) is 31.7. The predicted molar refractivity (Wildman–Crippen MR) is 489 cm³/mol. The maximum atomic E-state index is 11.3. The molecule has 121 heavy (non-hydrogen) atoms. The number of hydrogen-bond acceptors (Lipinski definition) is 16. The number of aromatic hydroxyl groups is 6. The number of aromatic nitrogens is 8. The van der Waals surface area contributed by atoms with Crippen molar-refractivity contribution in [3.05, 3.63) is 249 Å². The highest BCUT2D eigenvalue weighted by Crippen LogP contribution is 2.45. The van der Waals surface area contributed by atoms with Crippen LogP contribution in [0.25, 0.3) is 113 Å². The van der Waals surface area contributed by atoms with Gasteiger partial charge in [-0.05, 0) is 259 Å². The van der Waals surface area contributed by atoms with Gasteiger partial charge in [-0.15, -0.1) is 0 Å². The molecule has 0 bridgehead atoms. The van der Waals surface area contributed by atoms with E-state index in [4.69, 9.17) is 15.0 Å². The zero-order chi connectivity index (χ0) is 88.1. The molecule has 10 aromatic carbocycles. The molecule has 26 heteroatoms. The maximum Gasteiger partial charge on any atom is 0.325 e. The third-order valence-corrected chi connectivity index (χ3v) is 22.8. The highest BCUT2D eigenvalue weighted by Gasteiger charge is 2.26. The Balaban J connectivity index is 0.000000159. The van der Waals surface area contributed by atoms with Crippen LogP contribution in [0.2, 0.25) is 0 Å². The maximum absolute atomic E-state index is 11.3. The van der Waals surface area contributed by atoms with Crippen LogP contribution in [-0.4, -0.2) is 158 Å². The largest absolute Gasteiger partial charge is 0.508 e. The summed E-state index contributed by atoms with van der Waals surface area (Å²) in [7, 11) is 9.65. The molecular formula is C95H108N12O12P2. The van der Waals surface area contributed by atoms with Crippen molar-refractivity contribution >= 4 is 37.9 Å². The monoisotopic (exact) mass is 1670 g/mol. The first kappa shape index (κ1) is 89.1. The van der Waals surface area contributed by atoms with Crippen molar-refractivity contribution in [2.75, 3.05) is 88.3 Å². The van der Waals surface area contributed by atoms with Crippen molar-refractivity contribution in [2.45, 2.75) is 82.1 Å². The molecule has 0 amide bonds. The summed E-state index contributed by atoms with van der Waals surface area (Å²) in [5.74, 6) is 3.65. The number of imidazole rings is 4. The number of phenolic OH excluding ortho intramolecular Hbond substituents is 6. The van der Waals surface area contributed by atoms with Gasteiger partial charge in [-0.1, -0.05) is 60.7 Å². The summed E-state index contributed by atoms with van der Waals surface area (Å²) in [4.78, 5) is 74.5. The Hall–Kier alpha value is -12.7. The highest BCUT2D eigenvalue weighted by molar-refractivity contribution is 7.52. The molecule has 0 saturated heterocycles. The first-order valence-corrected chi connectivity index (χ1v) is 43.0. The van der Waals surface area contributed by atoms with Crippen molar-refractivity contribution in [3.63, 3.8) is 0 Å². The van der Waals surface area contributed by atoms with E-state index in [1.807, 2.05) is 181 Å². The van der Waals surface area contributed by atoms with Crippen LogP contribution in [-0.2, 0) is 29.0 Å². The number of hydrogen-bond donors (Lipinski definition) is 13. The average Bonchev–Trinajstić information content (AvgIpc) is 1.63. The average molecular weight is 1670 g/mol. The Morgan fingerprint density at radius 1 is 0.331 bits per heavy atom. The van der Waals surface area contributed by atoms with Gasteiger partial charge in [0.1, 0.15) is 57.8 Å². The molecule has 4 heterocycles. The lowest BCUT2D eigenvalue weighted by Gasteiger charge is -2.15. The van der Waals surface area contributed by atoms with Gasteiger partial charge in [-0.25, -0.2) is 19.9 Å². The van der Waals surface area contributed by atoms with Crippen LogP contribution >= 0.6 is 15.2 Å². The number of rotatable bonds is 20. The molecule has 0 fully saturated rings. The minimum absolute atomic E-state index is 0.116. The van der Waals surface area contributed by atoms with Crippen LogP contribution in [0.15, 0.2) is 182 Å². The lowest BCUT2D eigenvalue weighted by molar-refractivity contribution is 0.371. The molecule has 13 N–H and O–H groups in total. The molecule has 0 aliphatic rings. The van der Waals surface area contributed by atoms with Crippen molar-refractivity contribution in [1.29, 1.82) is 0 Å². The van der Waals surface area contributed by atoms with Gasteiger partial charge in [0.2, 0.25) is 0 Å². The Kier molecular flexibility index (Phi) is 27.2. The summed E-state index contributed by atoms with van der Waals surface area (Å²) in [6.07, 6.45) is -1.23. The minimum Gasteiger partial charge on any atom is -0.508 e. The van der Waals surface area contributed by atoms with E-state index >= 15 is 0 Å². The van der Waals surface area contributed by atoms with Gasteiger partial charge in [0.05, 0.1) is 57.6 Å². The van der Waals surface area contributed by atoms with Gasteiger partial charge in [-0.3, -0.25) is 9.13 Å². The fourth-order valence-corrected chi connectivity index (χ4v) is 15.6. The van der Waals surface area contributed by atoms with Gasteiger partial charge >= 0.3 is 15.2 Å². The molecule has 14 rings (SSSR count). The lowest BCUT2D eigenvalue weighted by atomic mass is 10.00. The van der Waals surface area contributed by atoms with Crippen LogP contribution < -0.4 is 19.6 Å². The number of aromatic amines is 3. The number of anilines is 4. The van der Waals surface area contributed by atoms with E-state index in [0.29, 0.717) is 40.0 Å². The fraction of sp³-hybridized carbons (Fsp3) is 0.242. The van der Waals surface area contributed by atoms with E-state index in [2.05, 4.69) is 141 Å². The van der Waals surface area contributed by atoms with Crippen LogP contribution in [0, 0.1) is 69.2 Å². The molecule has 4 aromatic heterocycles. The second kappa shape index (κ2) is 36.9. The van der Waals surface area contributed by atoms with E-state index in [1.54, 1.807) is 24.3 Å². The minimum atomic E-state index is -4.32. The molecule has 0 spiro atoms. The number of H-pyrrole nitrogens is 3. The van der Waals surface area contributed by atoms with E-state index in [-0.39, 0.29) is 47.0 Å². The molecule has 0 aliphatic heterocycles. The summed E-state index contributed by atoms with van der Waals surface area (Å²) >= 11 is 0. The van der Waals surface area contributed by atoms with Crippen LogP contribution in [0.4, 0.5) is 22.7 Å². The van der Waals surface area contributed by atoms with Gasteiger partial charge in [0.25, 0.3) is 0 Å². The van der Waals surface area contributed by atoms with E-state index in [9.17, 15) is 59.3 Å². The van der Waals surface area contributed by atoms with Gasteiger partial charge in [0.15, 0.2) is 0 Å². The summed E-state index contributed by atoms with van der Waals surface area (Å²) in [5, 5.41) is 61.6. The molecule has 0 unspecified atom stereocenters.